The Labute approximate surface area is 113 Å². The standard InChI is InChI=1S/C15H32N2O/c1-5-13(2)17(4)11-7-6-10-15(3,12-18)16-14-8-9-14/h13-14,16,18H,5-12H2,1-4H3. The second-order valence-electron chi connectivity index (χ2n) is 6.33. The normalized spacial score (nSPS) is 21.0. The zero-order chi connectivity index (χ0) is 13.6. The Balaban J connectivity index is 2.14. The summed E-state index contributed by atoms with van der Waals surface area (Å²) in [6.45, 7) is 8.10. The van der Waals surface area contributed by atoms with Gasteiger partial charge >= 0.3 is 0 Å². The van der Waals surface area contributed by atoms with E-state index in [4.69, 9.17) is 0 Å². The molecule has 0 radical (unpaired) electrons. The van der Waals surface area contributed by atoms with Gasteiger partial charge in [0.2, 0.25) is 0 Å². The van der Waals surface area contributed by atoms with Crippen LogP contribution in [0, 0.1) is 0 Å². The highest BCUT2D eigenvalue weighted by atomic mass is 16.3. The molecule has 0 aliphatic heterocycles. The molecule has 108 valence electrons. The molecule has 1 aliphatic rings. The van der Waals surface area contributed by atoms with Crippen molar-refractivity contribution < 1.29 is 5.11 Å². The monoisotopic (exact) mass is 256 g/mol. The Hall–Kier alpha value is -0.120. The van der Waals surface area contributed by atoms with Gasteiger partial charge in [-0.05, 0) is 59.5 Å². The molecular formula is C15H32N2O. The first-order valence-corrected chi connectivity index (χ1v) is 7.59. The average Bonchev–Trinajstić information content (AvgIpc) is 3.17. The second-order valence-corrected chi connectivity index (χ2v) is 6.33. The molecule has 18 heavy (non-hydrogen) atoms. The summed E-state index contributed by atoms with van der Waals surface area (Å²) in [4.78, 5) is 2.44. The third-order valence-electron chi connectivity index (χ3n) is 4.31. The average molecular weight is 256 g/mol. The molecule has 2 unspecified atom stereocenters. The van der Waals surface area contributed by atoms with Gasteiger partial charge < -0.3 is 15.3 Å². The molecule has 0 aromatic rings. The van der Waals surface area contributed by atoms with E-state index in [1.165, 1.54) is 38.6 Å². The van der Waals surface area contributed by atoms with E-state index in [1.807, 2.05) is 0 Å². The number of aliphatic hydroxyl groups excluding tert-OH is 1. The molecule has 0 heterocycles. The van der Waals surface area contributed by atoms with E-state index >= 15 is 0 Å². The summed E-state index contributed by atoms with van der Waals surface area (Å²) in [6, 6.07) is 1.35. The molecule has 0 saturated heterocycles. The number of unbranched alkanes of at least 4 members (excludes halogenated alkanes) is 1. The molecule has 3 heteroatoms. The number of aliphatic hydroxyl groups is 1. The van der Waals surface area contributed by atoms with E-state index in [1.54, 1.807) is 0 Å². The van der Waals surface area contributed by atoms with Gasteiger partial charge in [-0.25, -0.2) is 0 Å². The van der Waals surface area contributed by atoms with E-state index in [9.17, 15) is 5.11 Å². The summed E-state index contributed by atoms with van der Waals surface area (Å²) >= 11 is 0. The summed E-state index contributed by atoms with van der Waals surface area (Å²) in [5.74, 6) is 0. The molecule has 0 bridgehead atoms. The fourth-order valence-electron chi connectivity index (χ4n) is 2.33. The lowest BCUT2D eigenvalue weighted by atomic mass is 9.95. The lowest BCUT2D eigenvalue weighted by molar-refractivity contribution is 0.158. The summed E-state index contributed by atoms with van der Waals surface area (Å²) in [7, 11) is 2.21. The van der Waals surface area contributed by atoms with Crippen LogP contribution in [0.3, 0.4) is 0 Å². The maximum Gasteiger partial charge on any atom is 0.0610 e. The van der Waals surface area contributed by atoms with Crippen molar-refractivity contribution in [2.75, 3.05) is 20.2 Å². The largest absolute Gasteiger partial charge is 0.394 e. The van der Waals surface area contributed by atoms with Gasteiger partial charge in [0.05, 0.1) is 6.61 Å². The zero-order valence-electron chi connectivity index (χ0n) is 12.7. The third-order valence-corrected chi connectivity index (χ3v) is 4.31. The lowest BCUT2D eigenvalue weighted by Gasteiger charge is -2.30. The fraction of sp³-hybridized carbons (Fsp3) is 1.00. The van der Waals surface area contributed by atoms with Crippen molar-refractivity contribution in [3.05, 3.63) is 0 Å². The van der Waals surface area contributed by atoms with Gasteiger partial charge in [-0.3, -0.25) is 0 Å². The SMILES string of the molecule is CCC(C)N(C)CCCCC(C)(CO)NC1CC1. The minimum absolute atomic E-state index is 0.0594. The van der Waals surface area contributed by atoms with Crippen LogP contribution >= 0.6 is 0 Å². The lowest BCUT2D eigenvalue weighted by Crippen LogP contribution is -2.47. The molecule has 0 aromatic carbocycles. The van der Waals surface area contributed by atoms with E-state index in [0.29, 0.717) is 12.1 Å². The van der Waals surface area contributed by atoms with Crippen molar-refractivity contribution in [2.24, 2.45) is 0 Å². The number of nitrogens with zero attached hydrogens (tertiary/aromatic N) is 1. The first-order valence-electron chi connectivity index (χ1n) is 7.59. The third kappa shape index (κ3) is 5.68. The van der Waals surface area contributed by atoms with Crippen LogP contribution in [0.1, 0.15) is 59.3 Å². The van der Waals surface area contributed by atoms with Crippen molar-refractivity contribution in [1.82, 2.24) is 10.2 Å². The molecule has 0 aromatic heterocycles. The zero-order valence-corrected chi connectivity index (χ0v) is 12.7. The van der Waals surface area contributed by atoms with E-state index in [-0.39, 0.29) is 12.1 Å². The second kappa shape index (κ2) is 7.46. The highest BCUT2D eigenvalue weighted by Gasteiger charge is 2.31. The summed E-state index contributed by atoms with van der Waals surface area (Å²) in [6.07, 6.45) is 7.28. The minimum Gasteiger partial charge on any atom is -0.394 e. The summed E-state index contributed by atoms with van der Waals surface area (Å²) in [5.41, 5.74) is -0.0594. The van der Waals surface area contributed by atoms with Crippen LogP contribution in [0.4, 0.5) is 0 Å². The number of hydrogen-bond donors (Lipinski definition) is 2. The summed E-state index contributed by atoms with van der Waals surface area (Å²) < 4.78 is 0. The molecule has 2 N–H and O–H groups in total. The molecule has 2 atom stereocenters. The van der Waals surface area contributed by atoms with Crippen LogP contribution in [0.5, 0.6) is 0 Å². The molecule has 3 nitrogen and oxygen atoms in total. The first kappa shape index (κ1) is 15.9. The molecule has 1 saturated carbocycles. The van der Waals surface area contributed by atoms with Crippen molar-refractivity contribution in [2.45, 2.75) is 76.9 Å². The Morgan fingerprint density at radius 1 is 1.39 bits per heavy atom. The molecule has 1 aliphatic carbocycles. The smallest absolute Gasteiger partial charge is 0.0610 e. The van der Waals surface area contributed by atoms with Gasteiger partial charge in [0.15, 0.2) is 0 Å². The fourth-order valence-corrected chi connectivity index (χ4v) is 2.33. The molecule has 0 amide bonds. The van der Waals surface area contributed by atoms with E-state index in [0.717, 1.165) is 6.42 Å². The predicted molar refractivity (Wildman–Crippen MR) is 77.9 cm³/mol. The van der Waals surface area contributed by atoms with Crippen LogP contribution in [0.25, 0.3) is 0 Å². The molecular weight excluding hydrogens is 224 g/mol. The Bertz CT molecular complexity index is 231. The number of hydrogen-bond acceptors (Lipinski definition) is 3. The van der Waals surface area contributed by atoms with Crippen molar-refractivity contribution in [3.8, 4) is 0 Å². The summed E-state index contributed by atoms with van der Waals surface area (Å²) in [5, 5.41) is 13.1. The Kier molecular flexibility index (Phi) is 6.61. The van der Waals surface area contributed by atoms with Gasteiger partial charge in [0.25, 0.3) is 0 Å². The van der Waals surface area contributed by atoms with Crippen molar-refractivity contribution >= 4 is 0 Å². The van der Waals surface area contributed by atoms with Crippen LogP contribution in [-0.4, -0.2) is 47.8 Å². The quantitative estimate of drug-likeness (QED) is 0.589. The number of rotatable bonds is 10. The van der Waals surface area contributed by atoms with Gasteiger partial charge in [-0.15, -0.1) is 0 Å². The predicted octanol–water partition coefficient (Wildman–Crippen LogP) is 2.39. The highest BCUT2D eigenvalue weighted by molar-refractivity contribution is 4.92. The topological polar surface area (TPSA) is 35.5 Å². The van der Waals surface area contributed by atoms with Gasteiger partial charge in [0, 0.05) is 17.6 Å². The number of nitrogens with one attached hydrogen (secondary N) is 1. The van der Waals surface area contributed by atoms with Crippen molar-refractivity contribution in [3.63, 3.8) is 0 Å². The maximum absolute atomic E-state index is 9.52. The first-order chi connectivity index (χ1) is 8.50. The van der Waals surface area contributed by atoms with Crippen LogP contribution in [0.2, 0.25) is 0 Å². The molecule has 1 fully saturated rings. The van der Waals surface area contributed by atoms with Crippen LogP contribution in [-0.2, 0) is 0 Å². The van der Waals surface area contributed by atoms with E-state index < -0.39 is 0 Å². The van der Waals surface area contributed by atoms with Gasteiger partial charge in [0.1, 0.15) is 0 Å². The van der Waals surface area contributed by atoms with Crippen LogP contribution < -0.4 is 5.32 Å². The Morgan fingerprint density at radius 3 is 2.56 bits per heavy atom. The maximum atomic E-state index is 9.52. The molecule has 1 rings (SSSR count). The van der Waals surface area contributed by atoms with Crippen LogP contribution in [0.15, 0.2) is 0 Å². The van der Waals surface area contributed by atoms with Crippen molar-refractivity contribution in [1.29, 1.82) is 0 Å². The van der Waals surface area contributed by atoms with Gasteiger partial charge in [-0.1, -0.05) is 13.3 Å². The van der Waals surface area contributed by atoms with Gasteiger partial charge in [-0.2, -0.15) is 0 Å². The Morgan fingerprint density at radius 2 is 2.06 bits per heavy atom. The highest BCUT2D eigenvalue weighted by Crippen LogP contribution is 2.24. The minimum atomic E-state index is -0.0594. The molecule has 0 spiro atoms. The van der Waals surface area contributed by atoms with E-state index in [2.05, 4.69) is 38.0 Å².